The summed E-state index contributed by atoms with van der Waals surface area (Å²) in [5.74, 6) is 0.767. The van der Waals surface area contributed by atoms with Crippen LogP contribution in [-0.4, -0.2) is 43.2 Å². The number of amidine groups is 1. The first kappa shape index (κ1) is 21.8. The Morgan fingerprint density at radius 1 is 1.38 bits per heavy atom. The number of ether oxygens (including phenoxy) is 1. The van der Waals surface area contributed by atoms with Crippen LogP contribution in [0.5, 0.6) is 0 Å². The molecule has 5 heteroatoms. The molecule has 142 valence electrons. The molecule has 0 saturated carbocycles. The number of aliphatic imine (C=N–C) groups is 3. The minimum atomic E-state index is -0.0109. The molecule has 26 heavy (non-hydrogen) atoms. The van der Waals surface area contributed by atoms with E-state index < -0.39 is 0 Å². The Morgan fingerprint density at radius 2 is 2.12 bits per heavy atom. The summed E-state index contributed by atoms with van der Waals surface area (Å²) in [6.45, 7) is 14.5. The second kappa shape index (κ2) is 12.1. The van der Waals surface area contributed by atoms with Crippen molar-refractivity contribution in [2.45, 2.75) is 52.7 Å². The van der Waals surface area contributed by atoms with Crippen LogP contribution in [0.2, 0.25) is 0 Å². The molecule has 0 spiro atoms. The van der Waals surface area contributed by atoms with Crippen molar-refractivity contribution in [3.05, 3.63) is 48.4 Å². The Bertz CT molecular complexity index is 620. The van der Waals surface area contributed by atoms with Crippen molar-refractivity contribution in [3.63, 3.8) is 0 Å². The van der Waals surface area contributed by atoms with Crippen LogP contribution in [0.1, 0.15) is 46.5 Å². The van der Waals surface area contributed by atoms with E-state index in [0.29, 0.717) is 0 Å². The minimum absolute atomic E-state index is 0.0109. The zero-order valence-corrected chi connectivity index (χ0v) is 16.6. The average Bonchev–Trinajstić information content (AvgIpc) is 3.06. The molecule has 0 aromatic rings. The van der Waals surface area contributed by atoms with Gasteiger partial charge in [-0.3, -0.25) is 9.89 Å². The van der Waals surface area contributed by atoms with Gasteiger partial charge in [0, 0.05) is 26.1 Å². The Balaban J connectivity index is 0.00000105. The lowest BCUT2D eigenvalue weighted by Gasteiger charge is -2.30. The maximum atomic E-state index is 5.86. The third kappa shape index (κ3) is 5.92. The first-order valence-corrected chi connectivity index (χ1v) is 9.23. The van der Waals surface area contributed by atoms with E-state index in [1.165, 1.54) is 12.6 Å². The monoisotopic (exact) mass is 356 g/mol. The van der Waals surface area contributed by atoms with Crippen LogP contribution >= 0.6 is 0 Å². The molecular weight excluding hydrogens is 324 g/mol. The molecule has 1 atom stereocenters. The SMILES string of the molecule is C=C/C=C(C=NC)/C(C)=C1\N=CN(C2CCCCO2)C1=NC=C.CCC. The molecule has 0 radical (unpaired) electrons. The normalized spacial score (nSPS) is 23.8. The Hall–Kier alpha value is -2.27. The molecule has 0 bridgehead atoms. The quantitative estimate of drug-likeness (QED) is 0.519. The number of hydrogen-bond acceptors (Lipinski definition) is 4. The van der Waals surface area contributed by atoms with Crippen molar-refractivity contribution < 1.29 is 4.74 Å². The highest BCUT2D eigenvalue weighted by Crippen LogP contribution is 2.26. The van der Waals surface area contributed by atoms with E-state index in [2.05, 4.69) is 42.0 Å². The summed E-state index contributed by atoms with van der Waals surface area (Å²) in [4.78, 5) is 15.1. The lowest BCUT2D eigenvalue weighted by molar-refractivity contribution is -0.0300. The molecule has 0 N–H and O–H groups in total. The van der Waals surface area contributed by atoms with Crippen LogP contribution < -0.4 is 0 Å². The Labute approximate surface area is 158 Å². The van der Waals surface area contributed by atoms with Gasteiger partial charge in [-0.15, -0.1) is 0 Å². The van der Waals surface area contributed by atoms with Crippen LogP contribution in [-0.2, 0) is 4.74 Å². The molecule has 0 aliphatic carbocycles. The predicted octanol–water partition coefficient (Wildman–Crippen LogP) is 4.90. The summed E-state index contributed by atoms with van der Waals surface area (Å²) in [6.07, 6.45) is 13.3. The molecule has 2 heterocycles. The second-order valence-electron chi connectivity index (χ2n) is 6.03. The molecule has 0 aromatic heterocycles. The fourth-order valence-electron chi connectivity index (χ4n) is 2.65. The molecule has 1 fully saturated rings. The Kier molecular flexibility index (Phi) is 10.2. The van der Waals surface area contributed by atoms with E-state index in [0.717, 1.165) is 48.5 Å². The maximum absolute atomic E-state index is 5.86. The van der Waals surface area contributed by atoms with E-state index in [4.69, 9.17) is 4.74 Å². The fraction of sp³-hybridized carbons (Fsp3) is 0.476. The Morgan fingerprint density at radius 3 is 2.65 bits per heavy atom. The standard InChI is InChI=1S/C18H24N4O.C3H8/c1-5-9-15(12-19-4)14(3)17-18(20-6-2)22(13-21-17)16-10-7-8-11-23-16;1-3-2/h5-6,9,12-13,16H,1-2,7-8,10-11H2,3-4H3;3H2,1-2H3/b15-9+,17-14-,19-12?,20-18?;. The third-order valence-electron chi connectivity index (χ3n) is 3.80. The van der Waals surface area contributed by atoms with E-state index in [1.54, 1.807) is 25.7 Å². The van der Waals surface area contributed by atoms with Crippen molar-refractivity contribution in [2.24, 2.45) is 15.0 Å². The maximum Gasteiger partial charge on any atom is 0.162 e. The van der Waals surface area contributed by atoms with Crippen molar-refractivity contribution in [1.29, 1.82) is 0 Å². The van der Waals surface area contributed by atoms with E-state index >= 15 is 0 Å². The number of nitrogens with zero attached hydrogens (tertiary/aromatic N) is 4. The highest BCUT2D eigenvalue weighted by molar-refractivity contribution is 6.11. The molecule has 0 amide bonds. The van der Waals surface area contributed by atoms with Crippen LogP contribution in [0, 0.1) is 0 Å². The van der Waals surface area contributed by atoms with Crippen LogP contribution in [0.3, 0.4) is 0 Å². The topological polar surface area (TPSA) is 49.5 Å². The molecule has 1 unspecified atom stereocenters. The van der Waals surface area contributed by atoms with Crippen LogP contribution in [0.25, 0.3) is 0 Å². The van der Waals surface area contributed by atoms with Crippen LogP contribution in [0.4, 0.5) is 0 Å². The summed E-state index contributed by atoms with van der Waals surface area (Å²) in [6, 6.07) is 0. The van der Waals surface area contributed by atoms with Crippen molar-refractivity contribution in [1.82, 2.24) is 4.90 Å². The van der Waals surface area contributed by atoms with E-state index in [9.17, 15) is 0 Å². The van der Waals surface area contributed by atoms with Gasteiger partial charge in [0.2, 0.25) is 0 Å². The van der Waals surface area contributed by atoms with Gasteiger partial charge in [-0.05, 0) is 37.3 Å². The summed E-state index contributed by atoms with van der Waals surface area (Å²) < 4.78 is 5.86. The molecule has 0 aromatic carbocycles. The molecular formula is C21H32N4O. The lowest BCUT2D eigenvalue weighted by Crippen LogP contribution is -2.40. The first-order valence-electron chi connectivity index (χ1n) is 9.23. The lowest BCUT2D eigenvalue weighted by atomic mass is 10.1. The average molecular weight is 357 g/mol. The van der Waals surface area contributed by atoms with Crippen molar-refractivity contribution in [2.75, 3.05) is 13.7 Å². The van der Waals surface area contributed by atoms with Gasteiger partial charge < -0.3 is 4.74 Å². The number of hydrogen-bond donors (Lipinski definition) is 0. The zero-order chi connectivity index (χ0) is 19.4. The zero-order valence-electron chi connectivity index (χ0n) is 16.6. The highest BCUT2D eigenvalue weighted by Gasteiger charge is 2.30. The van der Waals surface area contributed by atoms with Gasteiger partial charge in [-0.1, -0.05) is 45.6 Å². The van der Waals surface area contributed by atoms with Gasteiger partial charge >= 0.3 is 0 Å². The van der Waals surface area contributed by atoms with Gasteiger partial charge in [-0.2, -0.15) is 0 Å². The number of allylic oxidation sites excluding steroid dienone is 4. The van der Waals surface area contributed by atoms with Gasteiger partial charge in [-0.25, -0.2) is 9.98 Å². The largest absolute Gasteiger partial charge is 0.358 e. The van der Waals surface area contributed by atoms with Crippen molar-refractivity contribution >= 4 is 18.4 Å². The first-order chi connectivity index (χ1) is 12.6. The summed E-state index contributed by atoms with van der Waals surface area (Å²) in [5, 5.41) is 0. The summed E-state index contributed by atoms with van der Waals surface area (Å²) >= 11 is 0. The molecule has 2 rings (SSSR count). The smallest absolute Gasteiger partial charge is 0.162 e. The minimum Gasteiger partial charge on any atom is -0.358 e. The van der Waals surface area contributed by atoms with E-state index in [1.807, 2.05) is 17.9 Å². The summed E-state index contributed by atoms with van der Waals surface area (Å²) in [7, 11) is 1.74. The third-order valence-corrected chi connectivity index (χ3v) is 3.80. The fourth-order valence-corrected chi connectivity index (χ4v) is 2.65. The van der Waals surface area contributed by atoms with E-state index in [-0.39, 0.29) is 6.23 Å². The predicted molar refractivity (Wildman–Crippen MR) is 113 cm³/mol. The van der Waals surface area contributed by atoms with Crippen molar-refractivity contribution in [3.8, 4) is 0 Å². The molecule has 1 saturated heterocycles. The van der Waals surface area contributed by atoms with Gasteiger partial charge in [0.1, 0.15) is 11.9 Å². The van der Waals surface area contributed by atoms with Gasteiger partial charge in [0.05, 0.1) is 6.34 Å². The molecule has 2 aliphatic rings. The van der Waals surface area contributed by atoms with Gasteiger partial charge in [0.15, 0.2) is 5.84 Å². The summed E-state index contributed by atoms with van der Waals surface area (Å²) in [5.41, 5.74) is 2.76. The second-order valence-corrected chi connectivity index (χ2v) is 6.03. The van der Waals surface area contributed by atoms with Gasteiger partial charge in [0.25, 0.3) is 0 Å². The molecule has 5 nitrogen and oxygen atoms in total. The highest BCUT2D eigenvalue weighted by atomic mass is 16.5. The van der Waals surface area contributed by atoms with Crippen LogP contribution in [0.15, 0.2) is 63.3 Å². The number of rotatable bonds is 5. The molecule has 2 aliphatic heterocycles.